The number of aryl methyl sites for hydroxylation is 1. The molecule has 0 bridgehead atoms. The van der Waals surface area contributed by atoms with Crippen molar-refractivity contribution in [3.05, 3.63) is 17.5 Å². The molecular weight excluding hydrogens is 198 g/mol. The quantitative estimate of drug-likeness (QED) is 0.705. The molecule has 0 unspecified atom stereocenters. The van der Waals surface area contributed by atoms with Crippen molar-refractivity contribution in [3.63, 3.8) is 0 Å². The second-order valence-electron chi connectivity index (χ2n) is 4.01. The minimum Gasteiger partial charge on any atom is -0.353 e. The molecule has 1 heterocycles. The number of rotatable bonds is 1. The fourth-order valence-electron chi connectivity index (χ4n) is 2.20. The van der Waals surface area contributed by atoms with Crippen molar-refractivity contribution in [2.24, 2.45) is 7.05 Å². The largest absolute Gasteiger partial charge is 0.353 e. The van der Waals surface area contributed by atoms with Gasteiger partial charge in [0.2, 0.25) is 0 Å². The Kier molecular flexibility index (Phi) is 2.18. The minimum absolute atomic E-state index is 0.537. The Morgan fingerprint density at radius 1 is 1.29 bits per heavy atom. The summed E-state index contributed by atoms with van der Waals surface area (Å²) in [4.78, 5) is 0.537. The first-order valence-electron chi connectivity index (χ1n) is 4.87. The van der Waals surface area contributed by atoms with Crippen molar-refractivity contribution >= 4 is 9.84 Å². The van der Waals surface area contributed by atoms with Gasteiger partial charge in [-0.05, 0) is 31.2 Å². The van der Waals surface area contributed by atoms with Crippen LogP contribution in [0.25, 0.3) is 0 Å². The topological polar surface area (TPSA) is 39.1 Å². The molecule has 1 aliphatic carbocycles. The molecule has 0 aromatic carbocycles. The Morgan fingerprint density at radius 3 is 2.57 bits per heavy atom. The van der Waals surface area contributed by atoms with E-state index in [1.54, 1.807) is 6.20 Å². The molecule has 0 fully saturated rings. The zero-order valence-electron chi connectivity index (χ0n) is 8.58. The SMILES string of the molecule is Cn1cc(S(C)(=O)=O)c2c1CCCC2. The monoisotopic (exact) mass is 213 g/mol. The molecule has 0 N–H and O–H groups in total. The maximum atomic E-state index is 11.5. The van der Waals surface area contributed by atoms with Crippen LogP contribution in [0.4, 0.5) is 0 Å². The molecule has 14 heavy (non-hydrogen) atoms. The third-order valence-electron chi connectivity index (χ3n) is 2.87. The summed E-state index contributed by atoms with van der Waals surface area (Å²) in [6, 6.07) is 0. The molecule has 0 atom stereocenters. The van der Waals surface area contributed by atoms with Crippen molar-refractivity contribution < 1.29 is 8.42 Å². The van der Waals surface area contributed by atoms with Crippen LogP contribution in [-0.4, -0.2) is 19.2 Å². The fraction of sp³-hybridized carbons (Fsp3) is 0.600. The Labute approximate surface area is 84.7 Å². The van der Waals surface area contributed by atoms with Gasteiger partial charge in [-0.2, -0.15) is 0 Å². The molecule has 0 saturated heterocycles. The molecule has 2 rings (SSSR count). The van der Waals surface area contributed by atoms with E-state index < -0.39 is 9.84 Å². The number of nitrogens with zero attached hydrogens (tertiary/aromatic N) is 1. The van der Waals surface area contributed by atoms with E-state index in [2.05, 4.69) is 0 Å². The van der Waals surface area contributed by atoms with Crippen LogP contribution in [0.3, 0.4) is 0 Å². The Bertz CT molecular complexity index is 457. The van der Waals surface area contributed by atoms with Gasteiger partial charge in [0.15, 0.2) is 9.84 Å². The van der Waals surface area contributed by atoms with Gasteiger partial charge >= 0.3 is 0 Å². The van der Waals surface area contributed by atoms with Gasteiger partial charge in [-0.3, -0.25) is 0 Å². The van der Waals surface area contributed by atoms with Crippen LogP contribution in [0.2, 0.25) is 0 Å². The second-order valence-corrected chi connectivity index (χ2v) is 5.99. The number of aromatic nitrogens is 1. The first-order valence-corrected chi connectivity index (χ1v) is 6.76. The van der Waals surface area contributed by atoms with E-state index in [0.29, 0.717) is 4.90 Å². The van der Waals surface area contributed by atoms with Crippen LogP contribution in [-0.2, 0) is 29.7 Å². The lowest BCUT2D eigenvalue weighted by atomic mass is 9.98. The zero-order valence-corrected chi connectivity index (χ0v) is 9.39. The number of hydrogen-bond acceptors (Lipinski definition) is 2. The molecule has 0 amide bonds. The average molecular weight is 213 g/mol. The van der Waals surface area contributed by atoms with E-state index in [4.69, 9.17) is 0 Å². The van der Waals surface area contributed by atoms with Gasteiger partial charge in [0.25, 0.3) is 0 Å². The summed E-state index contributed by atoms with van der Waals surface area (Å²) in [6.07, 6.45) is 7.26. The van der Waals surface area contributed by atoms with Gasteiger partial charge in [-0.25, -0.2) is 8.42 Å². The Hall–Kier alpha value is -0.770. The van der Waals surface area contributed by atoms with E-state index in [1.165, 1.54) is 18.4 Å². The molecule has 1 aliphatic rings. The van der Waals surface area contributed by atoms with Gasteiger partial charge in [-0.15, -0.1) is 0 Å². The Morgan fingerprint density at radius 2 is 1.93 bits per heavy atom. The average Bonchev–Trinajstić information content (AvgIpc) is 2.44. The number of fused-ring (bicyclic) bond motifs is 1. The molecule has 0 aliphatic heterocycles. The van der Waals surface area contributed by atoms with Crippen LogP contribution in [0.5, 0.6) is 0 Å². The predicted molar refractivity (Wildman–Crippen MR) is 55.2 cm³/mol. The number of hydrogen-bond donors (Lipinski definition) is 0. The van der Waals surface area contributed by atoms with Crippen LogP contribution in [0.15, 0.2) is 11.1 Å². The fourth-order valence-corrected chi connectivity index (χ4v) is 3.21. The highest BCUT2D eigenvalue weighted by Gasteiger charge is 2.22. The molecule has 1 aromatic rings. The van der Waals surface area contributed by atoms with Crippen molar-refractivity contribution in [2.45, 2.75) is 30.6 Å². The summed E-state index contributed by atoms with van der Waals surface area (Å²) < 4.78 is 25.0. The van der Waals surface area contributed by atoms with Gasteiger partial charge < -0.3 is 4.57 Å². The predicted octanol–water partition coefficient (Wildman–Crippen LogP) is 1.31. The summed E-state index contributed by atoms with van der Waals surface area (Å²) in [5, 5.41) is 0. The highest BCUT2D eigenvalue weighted by molar-refractivity contribution is 7.90. The summed E-state index contributed by atoms with van der Waals surface area (Å²) in [7, 11) is -1.11. The molecule has 78 valence electrons. The lowest BCUT2D eigenvalue weighted by Crippen LogP contribution is -2.07. The van der Waals surface area contributed by atoms with Gasteiger partial charge in [0, 0.05) is 25.2 Å². The van der Waals surface area contributed by atoms with Gasteiger partial charge in [0.05, 0.1) is 4.90 Å². The second kappa shape index (κ2) is 3.12. The van der Waals surface area contributed by atoms with Crippen molar-refractivity contribution in [1.29, 1.82) is 0 Å². The van der Waals surface area contributed by atoms with Crippen molar-refractivity contribution in [2.75, 3.05) is 6.26 Å². The first kappa shape index (κ1) is 9.77. The summed E-state index contributed by atoms with van der Waals surface area (Å²) >= 11 is 0. The molecule has 3 nitrogen and oxygen atoms in total. The van der Waals surface area contributed by atoms with E-state index in [-0.39, 0.29) is 0 Å². The lowest BCUT2D eigenvalue weighted by Gasteiger charge is -2.13. The molecule has 0 spiro atoms. The van der Waals surface area contributed by atoms with Crippen LogP contribution >= 0.6 is 0 Å². The smallest absolute Gasteiger partial charge is 0.177 e. The zero-order chi connectivity index (χ0) is 10.3. The summed E-state index contributed by atoms with van der Waals surface area (Å²) in [6.45, 7) is 0. The lowest BCUT2D eigenvalue weighted by molar-refractivity contribution is 0.598. The van der Waals surface area contributed by atoms with Crippen LogP contribution in [0.1, 0.15) is 24.1 Å². The maximum Gasteiger partial charge on any atom is 0.177 e. The maximum absolute atomic E-state index is 11.5. The molecule has 1 aromatic heterocycles. The van der Waals surface area contributed by atoms with E-state index in [0.717, 1.165) is 24.8 Å². The minimum atomic E-state index is -3.04. The number of sulfone groups is 1. The molecule has 0 saturated carbocycles. The van der Waals surface area contributed by atoms with Crippen molar-refractivity contribution in [1.82, 2.24) is 4.57 Å². The highest BCUT2D eigenvalue weighted by atomic mass is 32.2. The third kappa shape index (κ3) is 1.47. The third-order valence-corrected chi connectivity index (χ3v) is 4.02. The highest BCUT2D eigenvalue weighted by Crippen LogP contribution is 2.28. The summed E-state index contributed by atoms with van der Waals surface area (Å²) in [5.74, 6) is 0. The van der Waals surface area contributed by atoms with Crippen LogP contribution in [0, 0.1) is 0 Å². The van der Waals surface area contributed by atoms with E-state index in [1.807, 2.05) is 11.6 Å². The Balaban J connectivity index is 2.64. The van der Waals surface area contributed by atoms with Gasteiger partial charge in [-0.1, -0.05) is 0 Å². The van der Waals surface area contributed by atoms with E-state index >= 15 is 0 Å². The first-order chi connectivity index (χ1) is 6.50. The van der Waals surface area contributed by atoms with Crippen molar-refractivity contribution in [3.8, 4) is 0 Å². The van der Waals surface area contributed by atoms with Crippen LogP contribution < -0.4 is 0 Å². The summed E-state index contributed by atoms with van der Waals surface area (Å²) in [5.41, 5.74) is 2.26. The normalized spacial score (nSPS) is 16.7. The van der Waals surface area contributed by atoms with Gasteiger partial charge in [0.1, 0.15) is 0 Å². The standard InChI is InChI=1S/C10H15NO2S/c1-11-7-10(14(2,12)13)8-5-3-4-6-9(8)11/h7H,3-6H2,1-2H3. The molecular formula is C10H15NO2S. The molecule has 4 heteroatoms. The van der Waals surface area contributed by atoms with E-state index in [9.17, 15) is 8.42 Å². The molecule has 0 radical (unpaired) electrons.